The number of nitrogens with one attached hydrogen (secondary N) is 2. The molecule has 0 atom stereocenters. The summed E-state index contributed by atoms with van der Waals surface area (Å²) in [4.78, 5) is 20.3. The Hall–Kier alpha value is -2.64. The summed E-state index contributed by atoms with van der Waals surface area (Å²) in [6, 6.07) is 1.66. The molecule has 0 aliphatic heterocycles. The van der Waals surface area contributed by atoms with Crippen LogP contribution >= 0.6 is 0 Å². The molecule has 4 N–H and O–H groups in total. The summed E-state index contributed by atoms with van der Waals surface area (Å²) < 4.78 is 5.03. The lowest BCUT2D eigenvalue weighted by atomic mass is 10.2. The van der Waals surface area contributed by atoms with Crippen molar-refractivity contribution in [1.82, 2.24) is 20.2 Å². The van der Waals surface area contributed by atoms with Crippen LogP contribution in [0.4, 0.5) is 11.6 Å². The SMILES string of the molecule is CCCc1[nH]nc(C(=O)Nc2nc(C)cc(OC)n2)c1N. The van der Waals surface area contributed by atoms with Crippen molar-refractivity contribution in [2.75, 3.05) is 18.2 Å². The largest absolute Gasteiger partial charge is 0.481 e. The summed E-state index contributed by atoms with van der Waals surface area (Å²) >= 11 is 0. The summed E-state index contributed by atoms with van der Waals surface area (Å²) in [7, 11) is 1.50. The Morgan fingerprint density at radius 2 is 2.24 bits per heavy atom. The Labute approximate surface area is 122 Å². The molecule has 2 rings (SSSR count). The van der Waals surface area contributed by atoms with Crippen LogP contribution in [0.3, 0.4) is 0 Å². The van der Waals surface area contributed by atoms with Gasteiger partial charge in [-0.25, -0.2) is 4.98 Å². The first-order valence-electron chi connectivity index (χ1n) is 6.58. The Morgan fingerprint density at radius 3 is 2.90 bits per heavy atom. The third-order valence-electron chi connectivity index (χ3n) is 2.86. The van der Waals surface area contributed by atoms with Crippen molar-refractivity contribution in [2.24, 2.45) is 0 Å². The molecule has 0 saturated carbocycles. The Morgan fingerprint density at radius 1 is 1.48 bits per heavy atom. The van der Waals surface area contributed by atoms with Gasteiger partial charge in [0.25, 0.3) is 5.91 Å². The van der Waals surface area contributed by atoms with Gasteiger partial charge in [0.2, 0.25) is 11.8 Å². The number of hydrogen-bond acceptors (Lipinski definition) is 6. The number of ether oxygens (including phenoxy) is 1. The Bertz CT molecular complexity index is 652. The maximum absolute atomic E-state index is 12.2. The van der Waals surface area contributed by atoms with E-state index < -0.39 is 5.91 Å². The molecule has 0 unspecified atom stereocenters. The number of aromatic nitrogens is 4. The third kappa shape index (κ3) is 3.28. The number of carbonyl (C=O) groups is 1. The zero-order valence-corrected chi connectivity index (χ0v) is 12.2. The fourth-order valence-corrected chi connectivity index (χ4v) is 1.86. The van der Waals surface area contributed by atoms with E-state index in [1.54, 1.807) is 13.0 Å². The molecule has 0 aromatic carbocycles. The van der Waals surface area contributed by atoms with Gasteiger partial charge in [0.1, 0.15) is 0 Å². The van der Waals surface area contributed by atoms with Crippen LogP contribution in [0.1, 0.15) is 35.2 Å². The maximum Gasteiger partial charge on any atom is 0.280 e. The standard InChI is InChI=1S/C13H18N6O2/c1-4-5-8-10(14)11(19-18-8)12(20)17-13-15-7(2)6-9(16-13)21-3/h6H,4-5,14H2,1-3H3,(H,18,19)(H,15,16,17,20). The number of carbonyl (C=O) groups excluding carboxylic acids is 1. The first kappa shape index (κ1) is 14.8. The van der Waals surface area contributed by atoms with E-state index >= 15 is 0 Å². The first-order chi connectivity index (χ1) is 10.0. The zero-order chi connectivity index (χ0) is 15.4. The van der Waals surface area contributed by atoms with E-state index in [-0.39, 0.29) is 11.6 Å². The van der Waals surface area contributed by atoms with Crippen molar-refractivity contribution >= 4 is 17.5 Å². The van der Waals surface area contributed by atoms with E-state index in [1.165, 1.54) is 7.11 Å². The number of nitrogens with zero attached hydrogens (tertiary/aromatic N) is 3. The van der Waals surface area contributed by atoms with Crippen molar-refractivity contribution in [3.8, 4) is 5.88 Å². The van der Waals surface area contributed by atoms with Gasteiger partial charge in [0.15, 0.2) is 5.69 Å². The van der Waals surface area contributed by atoms with E-state index in [4.69, 9.17) is 10.5 Å². The number of hydrogen-bond donors (Lipinski definition) is 3. The van der Waals surface area contributed by atoms with Gasteiger partial charge in [-0.3, -0.25) is 15.2 Å². The second kappa shape index (κ2) is 6.21. The lowest BCUT2D eigenvalue weighted by Gasteiger charge is -2.05. The fraction of sp³-hybridized carbons (Fsp3) is 0.385. The van der Waals surface area contributed by atoms with Gasteiger partial charge in [-0.2, -0.15) is 10.1 Å². The predicted octanol–water partition coefficient (Wildman–Crippen LogP) is 1.30. The monoisotopic (exact) mass is 290 g/mol. The molecule has 8 nitrogen and oxygen atoms in total. The van der Waals surface area contributed by atoms with Gasteiger partial charge < -0.3 is 10.5 Å². The summed E-state index contributed by atoms with van der Waals surface area (Å²) in [5.74, 6) is 0.0644. The lowest BCUT2D eigenvalue weighted by Crippen LogP contribution is -2.16. The minimum Gasteiger partial charge on any atom is -0.481 e. The number of aryl methyl sites for hydroxylation is 2. The zero-order valence-electron chi connectivity index (χ0n) is 12.2. The highest BCUT2D eigenvalue weighted by molar-refractivity contribution is 6.05. The molecule has 2 heterocycles. The molecule has 0 spiro atoms. The normalized spacial score (nSPS) is 10.4. The second-order valence-corrected chi connectivity index (χ2v) is 4.54. The second-order valence-electron chi connectivity index (χ2n) is 4.54. The van der Waals surface area contributed by atoms with Crippen molar-refractivity contribution in [1.29, 1.82) is 0 Å². The minimum absolute atomic E-state index is 0.141. The van der Waals surface area contributed by atoms with Crippen molar-refractivity contribution in [3.63, 3.8) is 0 Å². The minimum atomic E-state index is -0.459. The molecule has 21 heavy (non-hydrogen) atoms. The number of H-pyrrole nitrogens is 1. The molecule has 2 aromatic rings. The van der Waals surface area contributed by atoms with E-state index in [1.807, 2.05) is 6.92 Å². The number of nitrogen functional groups attached to an aromatic ring is 1. The maximum atomic E-state index is 12.2. The van der Waals surface area contributed by atoms with Gasteiger partial charge in [-0.15, -0.1) is 0 Å². The third-order valence-corrected chi connectivity index (χ3v) is 2.86. The molecular weight excluding hydrogens is 272 g/mol. The number of amides is 1. The highest BCUT2D eigenvalue weighted by atomic mass is 16.5. The fourth-order valence-electron chi connectivity index (χ4n) is 1.86. The van der Waals surface area contributed by atoms with Crippen LogP contribution in [0.25, 0.3) is 0 Å². The average molecular weight is 290 g/mol. The number of nitrogens with two attached hydrogens (primary N) is 1. The molecule has 0 bridgehead atoms. The van der Waals surface area contributed by atoms with Crippen LogP contribution in [0.2, 0.25) is 0 Å². The topological polar surface area (TPSA) is 119 Å². The summed E-state index contributed by atoms with van der Waals surface area (Å²) in [5, 5.41) is 9.29. The summed E-state index contributed by atoms with van der Waals surface area (Å²) in [6.45, 7) is 3.80. The molecule has 0 saturated heterocycles. The van der Waals surface area contributed by atoms with Gasteiger partial charge >= 0.3 is 0 Å². The quantitative estimate of drug-likeness (QED) is 0.763. The van der Waals surface area contributed by atoms with Gasteiger partial charge in [-0.05, 0) is 13.3 Å². The Balaban J connectivity index is 2.20. The van der Waals surface area contributed by atoms with Crippen molar-refractivity contribution in [2.45, 2.75) is 26.7 Å². The molecule has 2 aromatic heterocycles. The van der Waals surface area contributed by atoms with Crippen molar-refractivity contribution < 1.29 is 9.53 Å². The number of rotatable bonds is 5. The van der Waals surface area contributed by atoms with Crippen LogP contribution in [-0.2, 0) is 6.42 Å². The highest BCUT2D eigenvalue weighted by Crippen LogP contribution is 2.17. The smallest absolute Gasteiger partial charge is 0.280 e. The molecule has 0 radical (unpaired) electrons. The molecule has 0 fully saturated rings. The van der Waals surface area contributed by atoms with Gasteiger partial charge in [0, 0.05) is 11.8 Å². The molecule has 0 aliphatic carbocycles. The van der Waals surface area contributed by atoms with E-state index in [9.17, 15) is 4.79 Å². The van der Waals surface area contributed by atoms with Gasteiger partial charge in [-0.1, -0.05) is 13.3 Å². The summed E-state index contributed by atoms with van der Waals surface area (Å²) in [5.41, 5.74) is 7.84. The highest BCUT2D eigenvalue weighted by Gasteiger charge is 2.18. The predicted molar refractivity (Wildman–Crippen MR) is 78.3 cm³/mol. The molecule has 0 aliphatic rings. The van der Waals surface area contributed by atoms with Crippen LogP contribution in [0.15, 0.2) is 6.07 Å². The molecule has 112 valence electrons. The first-order valence-corrected chi connectivity index (χ1v) is 6.58. The Kier molecular flexibility index (Phi) is 4.36. The van der Waals surface area contributed by atoms with E-state index in [2.05, 4.69) is 25.5 Å². The molecule has 1 amide bonds. The van der Waals surface area contributed by atoms with E-state index in [0.29, 0.717) is 17.3 Å². The van der Waals surface area contributed by atoms with Crippen LogP contribution < -0.4 is 15.8 Å². The lowest BCUT2D eigenvalue weighted by molar-refractivity contribution is 0.102. The average Bonchev–Trinajstić information content (AvgIpc) is 2.80. The summed E-state index contributed by atoms with van der Waals surface area (Å²) in [6.07, 6.45) is 1.65. The number of aromatic amines is 1. The van der Waals surface area contributed by atoms with Crippen molar-refractivity contribution in [3.05, 3.63) is 23.1 Å². The van der Waals surface area contributed by atoms with Crippen LogP contribution in [-0.4, -0.2) is 33.2 Å². The number of anilines is 2. The molecule has 8 heteroatoms. The molecular formula is C13H18N6O2. The van der Waals surface area contributed by atoms with Crippen LogP contribution in [0, 0.1) is 6.92 Å². The van der Waals surface area contributed by atoms with E-state index in [0.717, 1.165) is 18.5 Å². The number of methoxy groups -OCH3 is 1. The van der Waals surface area contributed by atoms with Crippen LogP contribution in [0.5, 0.6) is 5.88 Å². The van der Waals surface area contributed by atoms with Gasteiger partial charge in [0.05, 0.1) is 18.5 Å².